The fourth-order valence-electron chi connectivity index (χ4n) is 2.33. The van der Waals surface area contributed by atoms with Crippen LogP contribution in [0.15, 0.2) is 28.7 Å². The second-order valence-electron chi connectivity index (χ2n) is 6.86. The lowest BCUT2D eigenvalue weighted by molar-refractivity contribution is -0.143. The summed E-state index contributed by atoms with van der Waals surface area (Å²) in [6.45, 7) is 7.27. The number of anilines is 1. The van der Waals surface area contributed by atoms with Crippen molar-refractivity contribution >= 4 is 39.5 Å². The summed E-state index contributed by atoms with van der Waals surface area (Å²) in [5, 5.41) is 17.0. The summed E-state index contributed by atoms with van der Waals surface area (Å²) >= 11 is 3.32. The largest absolute Gasteiger partial charge is 0.480 e. The summed E-state index contributed by atoms with van der Waals surface area (Å²) in [4.78, 5) is 36.0. The van der Waals surface area contributed by atoms with Gasteiger partial charge in [-0.2, -0.15) is 0 Å². The Balaban J connectivity index is 2.78. The zero-order chi connectivity index (χ0) is 19.9. The van der Waals surface area contributed by atoms with Crippen molar-refractivity contribution in [2.45, 2.75) is 46.2 Å². The first kappa shape index (κ1) is 22.0. The molecule has 0 aliphatic rings. The minimum Gasteiger partial charge on any atom is -0.480 e. The Labute approximate surface area is 162 Å². The van der Waals surface area contributed by atoms with E-state index in [9.17, 15) is 19.5 Å². The topological polar surface area (TPSA) is 108 Å². The molecule has 7 nitrogen and oxygen atoms in total. The number of amides is 3. The Morgan fingerprint density at radius 3 is 2.08 bits per heavy atom. The number of benzene rings is 1. The van der Waals surface area contributed by atoms with E-state index in [2.05, 4.69) is 31.9 Å². The predicted octanol–water partition coefficient (Wildman–Crippen LogP) is 3.21. The maximum Gasteiger partial charge on any atom is 0.326 e. The molecule has 0 bridgehead atoms. The highest BCUT2D eigenvalue weighted by molar-refractivity contribution is 9.10. The van der Waals surface area contributed by atoms with Crippen LogP contribution >= 0.6 is 15.9 Å². The molecule has 8 heteroatoms. The molecule has 0 fully saturated rings. The first-order valence-electron chi connectivity index (χ1n) is 8.46. The Morgan fingerprint density at radius 2 is 1.62 bits per heavy atom. The molecule has 2 atom stereocenters. The van der Waals surface area contributed by atoms with Crippen molar-refractivity contribution in [2.24, 2.45) is 11.8 Å². The van der Waals surface area contributed by atoms with E-state index in [0.717, 1.165) is 4.47 Å². The van der Waals surface area contributed by atoms with Gasteiger partial charge in [-0.3, -0.25) is 4.79 Å². The highest BCUT2D eigenvalue weighted by Crippen LogP contribution is 2.14. The van der Waals surface area contributed by atoms with Crippen LogP contribution in [0, 0.1) is 11.8 Å². The first-order chi connectivity index (χ1) is 12.1. The number of nitrogens with one attached hydrogen (secondary N) is 3. The van der Waals surface area contributed by atoms with E-state index in [4.69, 9.17) is 0 Å². The van der Waals surface area contributed by atoms with Gasteiger partial charge in [0, 0.05) is 10.2 Å². The standard InChI is InChI=1S/C18H26BrN3O4/c1-10(2)9-14(16(23)22-15(11(3)4)17(24)25)21-18(26)20-13-7-5-12(19)6-8-13/h5-8,10-11,14-15H,9H2,1-4H3,(H,22,23)(H,24,25)(H2,20,21,26). The molecule has 144 valence electrons. The van der Waals surface area contributed by atoms with Gasteiger partial charge in [0.2, 0.25) is 5.91 Å². The summed E-state index contributed by atoms with van der Waals surface area (Å²) < 4.78 is 0.883. The molecule has 2 unspecified atom stereocenters. The van der Waals surface area contributed by atoms with E-state index in [1.807, 2.05) is 13.8 Å². The maximum atomic E-state index is 12.5. The molecule has 26 heavy (non-hydrogen) atoms. The van der Waals surface area contributed by atoms with Gasteiger partial charge >= 0.3 is 12.0 Å². The molecule has 0 spiro atoms. The highest BCUT2D eigenvalue weighted by atomic mass is 79.9. The van der Waals surface area contributed by atoms with Crippen LogP contribution in [0.25, 0.3) is 0 Å². The van der Waals surface area contributed by atoms with Crippen LogP contribution in [0.3, 0.4) is 0 Å². The van der Waals surface area contributed by atoms with E-state index in [0.29, 0.717) is 12.1 Å². The molecule has 1 rings (SSSR count). The number of carbonyl (C=O) groups excluding carboxylic acids is 2. The lowest BCUT2D eigenvalue weighted by Gasteiger charge is -2.24. The van der Waals surface area contributed by atoms with Crippen molar-refractivity contribution in [3.8, 4) is 0 Å². The second-order valence-corrected chi connectivity index (χ2v) is 7.77. The van der Waals surface area contributed by atoms with Gasteiger partial charge in [0.25, 0.3) is 0 Å². The Kier molecular flexibility index (Phi) is 8.57. The van der Waals surface area contributed by atoms with Crippen LogP contribution in [0.2, 0.25) is 0 Å². The number of carboxylic acid groups (broad SMARTS) is 1. The number of hydrogen-bond acceptors (Lipinski definition) is 3. The van der Waals surface area contributed by atoms with E-state index in [-0.39, 0.29) is 11.8 Å². The molecule has 0 saturated heterocycles. The van der Waals surface area contributed by atoms with Gasteiger partial charge in [-0.15, -0.1) is 0 Å². The van der Waals surface area contributed by atoms with Crippen LogP contribution in [-0.2, 0) is 9.59 Å². The fraction of sp³-hybridized carbons (Fsp3) is 0.500. The van der Waals surface area contributed by atoms with E-state index in [1.54, 1.807) is 38.1 Å². The van der Waals surface area contributed by atoms with Gasteiger partial charge in [0.1, 0.15) is 12.1 Å². The first-order valence-corrected chi connectivity index (χ1v) is 9.25. The molecule has 4 N–H and O–H groups in total. The van der Waals surface area contributed by atoms with Crippen LogP contribution in [0.5, 0.6) is 0 Å². The molecule has 0 radical (unpaired) electrons. The summed E-state index contributed by atoms with van der Waals surface area (Å²) in [7, 11) is 0. The lowest BCUT2D eigenvalue weighted by Crippen LogP contribution is -2.54. The lowest BCUT2D eigenvalue weighted by atomic mass is 10.0. The molecule has 3 amide bonds. The fourth-order valence-corrected chi connectivity index (χ4v) is 2.59. The third-order valence-electron chi connectivity index (χ3n) is 3.66. The number of aliphatic carboxylic acids is 1. The normalized spacial score (nSPS) is 13.2. The number of carbonyl (C=O) groups is 3. The molecular formula is C18H26BrN3O4. The average Bonchev–Trinajstić information content (AvgIpc) is 2.52. The van der Waals surface area contributed by atoms with Crippen LogP contribution in [0.4, 0.5) is 10.5 Å². The van der Waals surface area contributed by atoms with E-state index >= 15 is 0 Å². The highest BCUT2D eigenvalue weighted by Gasteiger charge is 2.28. The number of halogens is 1. The van der Waals surface area contributed by atoms with Gasteiger partial charge in [0.15, 0.2) is 0 Å². The van der Waals surface area contributed by atoms with Gasteiger partial charge in [-0.1, -0.05) is 43.6 Å². The number of rotatable bonds is 8. The molecule has 1 aromatic rings. The van der Waals surface area contributed by atoms with Crippen molar-refractivity contribution in [1.82, 2.24) is 10.6 Å². The van der Waals surface area contributed by atoms with Crippen molar-refractivity contribution in [1.29, 1.82) is 0 Å². The van der Waals surface area contributed by atoms with Gasteiger partial charge < -0.3 is 21.1 Å². The molecule has 0 saturated carbocycles. The number of carboxylic acids is 1. The van der Waals surface area contributed by atoms with Crippen molar-refractivity contribution in [2.75, 3.05) is 5.32 Å². The number of hydrogen-bond donors (Lipinski definition) is 4. The third-order valence-corrected chi connectivity index (χ3v) is 4.19. The molecule has 0 aliphatic carbocycles. The monoisotopic (exact) mass is 427 g/mol. The summed E-state index contributed by atoms with van der Waals surface area (Å²) in [5.74, 6) is -1.74. The summed E-state index contributed by atoms with van der Waals surface area (Å²) in [6, 6.07) is 4.66. The van der Waals surface area contributed by atoms with Gasteiger partial charge in [-0.25, -0.2) is 9.59 Å². The van der Waals surface area contributed by atoms with E-state index in [1.165, 1.54) is 0 Å². The Bertz CT molecular complexity index is 632. The predicted molar refractivity (Wildman–Crippen MR) is 104 cm³/mol. The van der Waals surface area contributed by atoms with Crippen molar-refractivity contribution in [3.05, 3.63) is 28.7 Å². The second kappa shape index (κ2) is 10.2. The minimum atomic E-state index is -1.10. The van der Waals surface area contributed by atoms with Crippen LogP contribution < -0.4 is 16.0 Å². The summed E-state index contributed by atoms with van der Waals surface area (Å²) in [6.07, 6.45) is 0.393. The molecular weight excluding hydrogens is 402 g/mol. The molecule has 0 aromatic heterocycles. The number of urea groups is 1. The Morgan fingerprint density at radius 1 is 1.04 bits per heavy atom. The minimum absolute atomic E-state index is 0.140. The Hall–Kier alpha value is -2.09. The zero-order valence-corrected chi connectivity index (χ0v) is 17.0. The quantitative estimate of drug-likeness (QED) is 0.510. The molecule has 0 aliphatic heterocycles. The van der Waals surface area contributed by atoms with Gasteiger partial charge in [-0.05, 0) is 42.5 Å². The maximum absolute atomic E-state index is 12.5. The molecule has 0 heterocycles. The SMILES string of the molecule is CC(C)CC(NC(=O)Nc1ccc(Br)cc1)C(=O)NC(C(=O)O)C(C)C. The molecule has 1 aromatic carbocycles. The smallest absolute Gasteiger partial charge is 0.326 e. The third kappa shape index (κ3) is 7.43. The van der Waals surface area contributed by atoms with Gasteiger partial charge in [0.05, 0.1) is 0 Å². The van der Waals surface area contributed by atoms with Crippen molar-refractivity contribution in [3.63, 3.8) is 0 Å². The zero-order valence-electron chi connectivity index (χ0n) is 15.4. The van der Waals surface area contributed by atoms with Crippen LogP contribution in [-0.4, -0.2) is 35.1 Å². The van der Waals surface area contributed by atoms with Crippen molar-refractivity contribution < 1.29 is 19.5 Å². The van der Waals surface area contributed by atoms with Crippen LogP contribution in [0.1, 0.15) is 34.1 Å². The van der Waals surface area contributed by atoms with E-state index < -0.39 is 30.0 Å². The summed E-state index contributed by atoms with van der Waals surface area (Å²) in [5.41, 5.74) is 0.583. The average molecular weight is 428 g/mol.